The van der Waals surface area contributed by atoms with Crippen LogP contribution < -0.4 is 10.6 Å². The van der Waals surface area contributed by atoms with Gasteiger partial charge in [0.2, 0.25) is 11.8 Å². The van der Waals surface area contributed by atoms with Crippen molar-refractivity contribution in [3.8, 4) is 0 Å². The molecule has 3 amide bonds. The van der Waals surface area contributed by atoms with Gasteiger partial charge in [0.05, 0.1) is 0 Å². The Kier molecular flexibility index (Phi) is 7.61. The topological polar surface area (TPSA) is 78.5 Å². The lowest BCUT2D eigenvalue weighted by molar-refractivity contribution is -0.130. The Balaban J connectivity index is 2.16. The van der Waals surface area contributed by atoms with Crippen LogP contribution in [0.1, 0.15) is 56.5 Å². The summed E-state index contributed by atoms with van der Waals surface area (Å²) >= 11 is 0. The predicted molar refractivity (Wildman–Crippen MR) is 110 cm³/mol. The lowest BCUT2D eigenvalue weighted by Crippen LogP contribution is -2.55. The molecule has 1 saturated heterocycles. The minimum Gasteiger partial charge on any atom is -0.352 e. The van der Waals surface area contributed by atoms with Crippen LogP contribution >= 0.6 is 0 Å². The molecule has 2 rings (SSSR count). The van der Waals surface area contributed by atoms with E-state index in [0.717, 1.165) is 5.56 Å². The van der Waals surface area contributed by atoms with E-state index in [-0.39, 0.29) is 29.7 Å². The fraction of sp³-hybridized carbons (Fsp3) is 0.591. The first-order valence-electron chi connectivity index (χ1n) is 10.1. The summed E-state index contributed by atoms with van der Waals surface area (Å²) in [4.78, 5) is 39.3. The minimum absolute atomic E-state index is 0.00271. The number of rotatable bonds is 6. The van der Waals surface area contributed by atoms with E-state index in [1.54, 1.807) is 17.9 Å². The molecule has 0 spiro atoms. The van der Waals surface area contributed by atoms with Gasteiger partial charge < -0.3 is 15.5 Å². The quantitative estimate of drug-likeness (QED) is 0.787. The molecule has 2 N–H and O–H groups in total. The highest BCUT2D eigenvalue weighted by molar-refractivity contribution is 5.98. The molecule has 0 bridgehead atoms. The van der Waals surface area contributed by atoms with E-state index in [4.69, 9.17) is 0 Å². The second-order valence-electron chi connectivity index (χ2n) is 8.15. The predicted octanol–water partition coefficient (Wildman–Crippen LogP) is 2.51. The third kappa shape index (κ3) is 5.57. The number of hydrogen-bond acceptors (Lipinski definition) is 3. The van der Waals surface area contributed by atoms with Crippen LogP contribution in [-0.4, -0.2) is 47.8 Å². The van der Waals surface area contributed by atoms with Gasteiger partial charge in [0.25, 0.3) is 5.91 Å². The summed E-state index contributed by atoms with van der Waals surface area (Å²) in [7, 11) is 0. The number of carbonyl (C=O) groups is 3. The molecule has 1 aliphatic heterocycles. The summed E-state index contributed by atoms with van der Waals surface area (Å²) in [6.45, 7) is 10.8. The molecule has 1 fully saturated rings. The Labute approximate surface area is 168 Å². The normalized spacial score (nSPS) is 17.1. The van der Waals surface area contributed by atoms with Gasteiger partial charge >= 0.3 is 0 Å². The molecule has 1 aliphatic rings. The molecule has 2 atom stereocenters. The van der Waals surface area contributed by atoms with Crippen LogP contribution in [-0.2, 0) is 9.59 Å². The Morgan fingerprint density at radius 1 is 1.04 bits per heavy atom. The van der Waals surface area contributed by atoms with Crippen LogP contribution in [0.4, 0.5) is 0 Å². The molecule has 0 saturated carbocycles. The van der Waals surface area contributed by atoms with Crippen molar-refractivity contribution in [3.05, 3.63) is 35.4 Å². The van der Waals surface area contributed by atoms with Crippen molar-refractivity contribution in [2.24, 2.45) is 11.8 Å². The van der Waals surface area contributed by atoms with Crippen molar-refractivity contribution in [1.82, 2.24) is 15.5 Å². The highest BCUT2D eigenvalue weighted by atomic mass is 16.2. The number of likely N-dealkylation sites (tertiary alicyclic amines) is 1. The van der Waals surface area contributed by atoms with E-state index in [1.165, 1.54) is 0 Å². The van der Waals surface area contributed by atoms with Gasteiger partial charge in [-0.2, -0.15) is 0 Å². The van der Waals surface area contributed by atoms with Gasteiger partial charge in [-0.05, 0) is 50.2 Å². The Hall–Kier alpha value is -2.37. The zero-order valence-electron chi connectivity index (χ0n) is 17.6. The van der Waals surface area contributed by atoms with Crippen molar-refractivity contribution in [1.29, 1.82) is 0 Å². The smallest absolute Gasteiger partial charge is 0.252 e. The molecular formula is C22H33N3O3. The van der Waals surface area contributed by atoms with Crippen LogP contribution in [0.25, 0.3) is 0 Å². The molecule has 6 nitrogen and oxygen atoms in total. The van der Waals surface area contributed by atoms with Gasteiger partial charge in [0, 0.05) is 31.6 Å². The number of nitrogens with zero attached hydrogens (tertiary/aromatic N) is 1. The summed E-state index contributed by atoms with van der Waals surface area (Å²) in [6.07, 6.45) is 1.39. The number of nitrogens with one attached hydrogen (secondary N) is 2. The Bertz CT molecular complexity index is 709. The average molecular weight is 388 g/mol. The number of amides is 3. The second kappa shape index (κ2) is 9.71. The molecule has 0 aromatic heterocycles. The van der Waals surface area contributed by atoms with E-state index in [9.17, 15) is 14.4 Å². The summed E-state index contributed by atoms with van der Waals surface area (Å²) in [5, 5.41) is 6.03. The third-order valence-corrected chi connectivity index (χ3v) is 5.79. The highest BCUT2D eigenvalue weighted by Crippen LogP contribution is 2.22. The summed E-state index contributed by atoms with van der Waals surface area (Å²) in [5.74, 6) is -0.0233. The molecule has 1 aromatic carbocycles. The van der Waals surface area contributed by atoms with Crippen LogP contribution in [0.3, 0.4) is 0 Å². The number of benzene rings is 1. The van der Waals surface area contributed by atoms with Crippen molar-refractivity contribution in [3.63, 3.8) is 0 Å². The fourth-order valence-electron chi connectivity index (χ4n) is 3.47. The molecule has 0 aliphatic carbocycles. The van der Waals surface area contributed by atoms with Gasteiger partial charge in [0.1, 0.15) is 6.04 Å². The standard InChI is InChI=1S/C22H33N3O3/c1-14(2)16(4)23-22(28)20(18-10-12-25(13-11-18)17(5)26)24-21(27)19-9-7-6-8-15(19)3/h6-9,14,16,18,20H,10-13H2,1-5H3,(H,23,28)(H,24,27)/t16-,20+/m1/s1. The SMILES string of the molecule is CC(=O)N1CCC([C@H](NC(=O)c2ccccc2C)C(=O)N[C@H](C)C(C)C)CC1. The molecule has 0 radical (unpaired) electrons. The van der Waals surface area contributed by atoms with Crippen LogP contribution in [0.2, 0.25) is 0 Å². The highest BCUT2D eigenvalue weighted by Gasteiger charge is 2.34. The molecule has 0 unspecified atom stereocenters. The van der Waals surface area contributed by atoms with Gasteiger partial charge in [-0.1, -0.05) is 32.0 Å². The maximum Gasteiger partial charge on any atom is 0.252 e. The Morgan fingerprint density at radius 2 is 1.64 bits per heavy atom. The first kappa shape index (κ1) is 21.9. The van der Waals surface area contributed by atoms with E-state index >= 15 is 0 Å². The summed E-state index contributed by atoms with van der Waals surface area (Å²) in [6, 6.07) is 6.77. The largest absolute Gasteiger partial charge is 0.352 e. The fourth-order valence-corrected chi connectivity index (χ4v) is 3.47. The Morgan fingerprint density at radius 3 is 2.18 bits per heavy atom. The van der Waals surface area contributed by atoms with E-state index in [2.05, 4.69) is 24.5 Å². The minimum atomic E-state index is -0.609. The number of hydrogen-bond donors (Lipinski definition) is 2. The number of aryl methyl sites for hydroxylation is 1. The zero-order chi connectivity index (χ0) is 20.8. The summed E-state index contributed by atoms with van der Waals surface area (Å²) in [5.41, 5.74) is 1.46. The van der Waals surface area contributed by atoms with Crippen molar-refractivity contribution in [2.75, 3.05) is 13.1 Å². The molecule has 6 heteroatoms. The molecule has 154 valence electrons. The summed E-state index contributed by atoms with van der Waals surface area (Å²) < 4.78 is 0. The van der Waals surface area contributed by atoms with Crippen LogP contribution in [0.15, 0.2) is 24.3 Å². The van der Waals surface area contributed by atoms with Gasteiger partial charge in [0.15, 0.2) is 0 Å². The first-order valence-corrected chi connectivity index (χ1v) is 10.1. The molecule has 1 heterocycles. The van der Waals surface area contributed by atoms with Crippen molar-refractivity contribution < 1.29 is 14.4 Å². The van der Waals surface area contributed by atoms with E-state index in [0.29, 0.717) is 37.4 Å². The lowest BCUT2D eigenvalue weighted by atomic mass is 9.88. The maximum absolute atomic E-state index is 13.0. The van der Waals surface area contributed by atoms with Crippen molar-refractivity contribution in [2.45, 2.75) is 59.5 Å². The molecule has 1 aromatic rings. The van der Waals surface area contributed by atoms with E-state index < -0.39 is 6.04 Å². The number of carbonyl (C=O) groups excluding carboxylic acids is 3. The second-order valence-corrected chi connectivity index (χ2v) is 8.15. The molecular weight excluding hydrogens is 354 g/mol. The van der Waals surface area contributed by atoms with Crippen LogP contribution in [0.5, 0.6) is 0 Å². The van der Waals surface area contributed by atoms with Gasteiger partial charge in [-0.3, -0.25) is 14.4 Å². The van der Waals surface area contributed by atoms with Gasteiger partial charge in [-0.25, -0.2) is 0 Å². The lowest BCUT2D eigenvalue weighted by Gasteiger charge is -2.36. The van der Waals surface area contributed by atoms with Crippen LogP contribution in [0, 0.1) is 18.8 Å². The maximum atomic E-state index is 13.0. The monoisotopic (exact) mass is 387 g/mol. The first-order chi connectivity index (χ1) is 13.2. The zero-order valence-corrected chi connectivity index (χ0v) is 17.6. The average Bonchev–Trinajstić information content (AvgIpc) is 2.66. The van der Waals surface area contributed by atoms with Crippen molar-refractivity contribution >= 4 is 17.7 Å². The number of piperidine rings is 1. The van der Waals surface area contributed by atoms with Gasteiger partial charge in [-0.15, -0.1) is 0 Å². The molecule has 28 heavy (non-hydrogen) atoms. The third-order valence-electron chi connectivity index (χ3n) is 5.79. The van der Waals surface area contributed by atoms with E-state index in [1.807, 2.05) is 32.0 Å².